The lowest BCUT2D eigenvalue weighted by Gasteiger charge is -2.12. The van der Waals surface area contributed by atoms with Crippen LogP contribution in [0.15, 0.2) is 182 Å². The van der Waals surface area contributed by atoms with Gasteiger partial charge in [0.05, 0.1) is 11.0 Å². The van der Waals surface area contributed by atoms with Crippen molar-refractivity contribution >= 4 is 43.4 Å². The monoisotopic (exact) mass is 650 g/mol. The van der Waals surface area contributed by atoms with Crippen LogP contribution in [0.4, 0.5) is 0 Å². The van der Waals surface area contributed by atoms with Crippen molar-refractivity contribution in [1.29, 1.82) is 0 Å². The summed E-state index contributed by atoms with van der Waals surface area (Å²) in [6.45, 7) is 0. The van der Waals surface area contributed by atoms with E-state index in [0.717, 1.165) is 38.8 Å². The van der Waals surface area contributed by atoms with Crippen LogP contribution in [-0.4, -0.2) is 19.5 Å². The molecule has 0 radical (unpaired) electrons. The third-order valence-electron chi connectivity index (χ3n) is 9.82. The second kappa shape index (κ2) is 11.9. The Labute approximate surface area is 295 Å². The predicted molar refractivity (Wildman–Crippen MR) is 211 cm³/mol. The molecule has 0 amide bonds. The van der Waals surface area contributed by atoms with Crippen LogP contribution in [-0.2, 0) is 0 Å². The Balaban J connectivity index is 1.15. The number of nitrogens with zero attached hydrogens (tertiary/aromatic N) is 4. The molecular formula is C47H30N4. The zero-order valence-electron chi connectivity index (χ0n) is 27.6. The van der Waals surface area contributed by atoms with E-state index in [9.17, 15) is 0 Å². The SMILES string of the molecule is c1ccc(-c2ccc(-c3nc(-c4cccc(-n5c6ccccc6c6c7ccccc7ccc65)c4)nc(-c4ccc5ccccc5c4)n3)cc2)cc1. The Hall–Kier alpha value is -6.91. The van der Waals surface area contributed by atoms with E-state index in [1.165, 1.54) is 38.0 Å². The van der Waals surface area contributed by atoms with E-state index >= 15 is 0 Å². The van der Waals surface area contributed by atoms with Gasteiger partial charge in [-0.05, 0) is 63.0 Å². The maximum Gasteiger partial charge on any atom is 0.164 e. The van der Waals surface area contributed by atoms with Crippen LogP contribution in [0.2, 0.25) is 0 Å². The number of hydrogen-bond donors (Lipinski definition) is 0. The summed E-state index contributed by atoms with van der Waals surface area (Å²) in [5.41, 5.74) is 8.51. The quantitative estimate of drug-likeness (QED) is 0.186. The standard InChI is InChI=1S/C47H30N4/c1-2-11-31(12-3-1)33-21-24-35(25-22-33)45-48-46(50-47(49-45)38-26-23-32-13-4-5-15-36(32)29-38)37-16-10-17-39(30-37)51-42-20-9-8-19-41(42)44-40-18-7-6-14-34(40)27-28-43(44)51/h1-30H. The molecule has 2 heterocycles. The van der Waals surface area contributed by atoms with E-state index < -0.39 is 0 Å². The topological polar surface area (TPSA) is 43.6 Å². The third-order valence-corrected chi connectivity index (χ3v) is 9.82. The van der Waals surface area contributed by atoms with Gasteiger partial charge in [-0.25, -0.2) is 15.0 Å². The summed E-state index contributed by atoms with van der Waals surface area (Å²) >= 11 is 0. The molecule has 0 bridgehead atoms. The van der Waals surface area contributed by atoms with Crippen LogP contribution < -0.4 is 0 Å². The minimum absolute atomic E-state index is 0.628. The molecular weight excluding hydrogens is 621 g/mol. The highest BCUT2D eigenvalue weighted by molar-refractivity contribution is 6.21. The highest BCUT2D eigenvalue weighted by Gasteiger charge is 2.17. The van der Waals surface area contributed by atoms with Gasteiger partial charge in [-0.15, -0.1) is 0 Å². The van der Waals surface area contributed by atoms with Crippen molar-refractivity contribution in [2.45, 2.75) is 0 Å². The molecule has 0 unspecified atom stereocenters. The molecule has 0 atom stereocenters. The van der Waals surface area contributed by atoms with E-state index in [2.05, 4.69) is 180 Å². The van der Waals surface area contributed by atoms with E-state index in [0.29, 0.717) is 17.5 Å². The van der Waals surface area contributed by atoms with Gasteiger partial charge >= 0.3 is 0 Å². The lowest BCUT2D eigenvalue weighted by Crippen LogP contribution is -2.01. The largest absolute Gasteiger partial charge is 0.309 e. The van der Waals surface area contributed by atoms with E-state index in [-0.39, 0.29) is 0 Å². The van der Waals surface area contributed by atoms with Crippen molar-refractivity contribution in [3.8, 4) is 51.0 Å². The number of fused-ring (bicyclic) bond motifs is 6. The average molecular weight is 651 g/mol. The summed E-state index contributed by atoms with van der Waals surface area (Å²) in [7, 11) is 0. The zero-order chi connectivity index (χ0) is 33.7. The van der Waals surface area contributed by atoms with Crippen molar-refractivity contribution in [1.82, 2.24) is 19.5 Å². The number of para-hydroxylation sites is 1. The molecule has 10 aromatic rings. The molecule has 238 valence electrons. The molecule has 4 nitrogen and oxygen atoms in total. The van der Waals surface area contributed by atoms with Gasteiger partial charge in [-0.1, -0.05) is 152 Å². The lowest BCUT2D eigenvalue weighted by atomic mass is 10.0. The molecule has 0 saturated carbocycles. The molecule has 0 spiro atoms. The maximum absolute atomic E-state index is 5.13. The zero-order valence-corrected chi connectivity index (χ0v) is 27.6. The number of aromatic nitrogens is 4. The van der Waals surface area contributed by atoms with Gasteiger partial charge in [0.2, 0.25) is 0 Å². The summed E-state index contributed by atoms with van der Waals surface area (Å²) < 4.78 is 2.36. The van der Waals surface area contributed by atoms with Gasteiger partial charge in [-0.2, -0.15) is 0 Å². The lowest BCUT2D eigenvalue weighted by molar-refractivity contribution is 1.07. The normalized spacial score (nSPS) is 11.5. The summed E-state index contributed by atoms with van der Waals surface area (Å²) in [4.78, 5) is 15.3. The first kappa shape index (κ1) is 29.0. The highest BCUT2D eigenvalue weighted by atomic mass is 15.0. The van der Waals surface area contributed by atoms with Gasteiger partial charge in [0, 0.05) is 33.2 Å². The van der Waals surface area contributed by atoms with Crippen LogP contribution in [0.1, 0.15) is 0 Å². The van der Waals surface area contributed by atoms with Crippen LogP contribution >= 0.6 is 0 Å². The van der Waals surface area contributed by atoms with Crippen LogP contribution in [0.5, 0.6) is 0 Å². The predicted octanol–water partition coefficient (Wildman–Crippen LogP) is 11.9. The number of benzene rings is 8. The molecule has 8 aromatic carbocycles. The molecule has 2 aromatic heterocycles. The molecule has 0 aliphatic carbocycles. The first-order chi connectivity index (χ1) is 25.3. The fourth-order valence-corrected chi connectivity index (χ4v) is 7.34. The first-order valence-corrected chi connectivity index (χ1v) is 17.2. The van der Waals surface area contributed by atoms with Crippen LogP contribution in [0.25, 0.3) is 94.3 Å². The van der Waals surface area contributed by atoms with Crippen molar-refractivity contribution in [2.75, 3.05) is 0 Å². The average Bonchev–Trinajstić information content (AvgIpc) is 3.56. The number of rotatable bonds is 5. The smallest absolute Gasteiger partial charge is 0.164 e. The molecule has 0 fully saturated rings. The molecule has 0 aliphatic heterocycles. The summed E-state index contributed by atoms with van der Waals surface area (Å²) in [5.74, 6) is 1.90. The molecule has 51 heavy (non-hydrogen) atoms. The van der Waals surface area contributed by atoms with Crippen LogP contribution in [0, 0.1) is 0 Å². The second-order valence-corrected chi connectivity index (χ2v) is 12.9. The van der Waals surface area contributed by atoms with Crippen molar-refractivity contribution in [2.24, 2.45) is 0 Å². The Morgan fingerprint density at radius 2 is 0.863 bits per heavy atom. The van der Waals surface area contributed by atoms with Crippen LogP contribution in [0.3, 0.4) is 0 Å². The Kier molecular flexibility index (Phi) is 6.78. The third kappa shape index (κ3) is 5.04. The van der Waals surface area contributed by atoms with Gasteiger partial charge < -0.3 is 4.57 Å². The molecule has 0 N–H and O–H groups in total. The first-order valence-electron chi connectivity index (χ1n) is 17.2. The number of hydrogen-bond acceptors (Lipinski definition) is 3. The highest BCUT2D eigenvalue weighted by Crippen LogP contribution is 2.37. The Bertz CT molecular complexity index is 2910. The van der Waals surface area contributed by atoms with E-state index in [4.69, 9.17) is 15.0 Å². The van der Waals surface area contributed by atoms with Gasteiger partial charge in [-0.3, -0.25) is 0 Å². The molecule has 0 aliphatic rings. The molecule has 0 saturated heterocycles. The minimum atomic E-state index is 0.628. The summed E-state index contributed by atoms with van der Waals surface area (Å²) in [6, 6.07) is 64.0. The summed E-state index contributed by atoms with van der Waals surface area (Å²) in [5, 5.41) is 7.30. The van der Waals surface area contributed by atoms with Crippen molar-refractivity contribution in [3.63, 3.8) is 0 Å². The fraction of sp³-hybridized carbons (Fsp3) is 0. The Morgan fingerprint density at radius 3 is 1.67 bits per heavy atom. The van der Waals surface area contributed by atoms with Crippen molar-refractivity contribution < 1.29 is 0 Å². The van der Waals surface area contributed by atoms with E-state index in [1.54, 1.807) is 0 Å². The summed E-state index contributed by atoms with van der Waals surface area (Å²) in [6.07, 6.45) is 0. The van der Waals surface area contributed by atoms with Gasteiger partial charge in [0.15, 0.2) is 17.5 Å². The maximum atomic E-state index is 5.13. The Morgan fingerprint density at radius 1 is 0.314 bits per heavy atom. The van der Waals surface area contributed by atoms with Gasteiger partial charge in [0.1, 0.15) is 0 Å². The van der Waals surface area contributed by atoms with Crippen molar-refractivity contribution in [3.05, 3.63) is 182 Å². The fourth-order valence-electron chi connectivity index (χ4n) is 7.34. The van der Waals surface area contributed by atoms with Gasteiger partial charge in [0.25, 0.3) is 0 Å². The molecule has 4 heteroatoms. The molecule has 10 rings (SSSR count). The second-order valence-electron chi connectivity index (χ2n) is 12.9. The van der Waals surface area contributed by atoms with E-state index in [1.807, 2.05) is 6.07 Å². The minimum Gasteiger partial charge on any atom is -0.309 e.